The second-order valence-electron chi connectivity index (χ2n) is 4.05. The lowest BCUT2D eigenvalue weighted by Crippen LogP contribution is -2.24. The third kappa shape index (κ3) is 3.43. The zero-order valence-electron chi connectivity index (χ0n) is 11.0. The largest absolute Gasteiger partial charge is 0.384 e. The Morgan fingerprint density at radius 3 is 3.05 bits per heavy atom. The minimum Gasteiger partial charge on any atom is -0.384 e. The molecule has 1 amide bonds. The second-order valence-corrected chi connectivity index (χ2v) is 4.05. The Labute approximate surface area is 116 Å². The van der Waals surface area contributed by atoms with Crippen LogP contribution in [-0.2, 0) is 13.6 Å². The highest BCUT2D eigenvalue weighted by Gasteiger charge is 2.07. The Bertz CT molecular complexity index is 667. The van der Waals surface area contributed by atoms with Crippen LogP contribution in [0.5, 0.6) is 0 Å². The van der Waals surface area contributed by atoms with Crippen molar-refractivity contribution in [2.24, 2.45) is 7.05 Å². The van der Waals surface area contributed by atoms with Gasteiger partial charge in [-0.05, 0) is 12.1 Å². The Kier molecular flexibility index (Phi) is 4.47. The molecule has 0 aromatic carbocycles. The summed E-state index contributed by atoms with van der Waals surface area (Å²) in [4.78, 5) is 16.0. The first-order valence-electron chi connectivity index (χ1n) is 6.00. The standard InChI is InChI=1S/C14H14N4O2/c1-18-13(4-5-17-18)10-16-14(20)12-7-11(3-2-6-19)8-15-9-12/h4-5,7-9,19H,6,10H2,1H3,(H,16,20). The molecule has 6 nitrogen and oxygen atoms in total. The lowest BCUT2D eigenvalue weighted by Gasteiger charge is -2.05. The number of carbonyl (C=O) groups is 1. The summed E-state index contributed by atoms with van der Waals surface area (Å²) in [6.45, 7) is 0.165. The van der Waals surface area contributed by atoms with Gasteiger partial charge in [0.1, 0.15) is 6.61 Å². The van der Waals surface area contributed by atoms with Gasteiger partial charge in [-0.1, -0.05) is 11.8 Å². The first kappa shape index (κ1) is 13.8. The molecule has 0 saturated carbocycles. The van der Waals surface area contributed by atoms with Crippen LogP contribution in [0.2, 0.25) is 0 Å². The molecule has 0 fully saturated rings. The summed E-state index contributed by atoms with van der Waals surface area (Å²) in [5, 5.41) is 15.5. The number of nitrogens with one attached hydrogen (secondary N) is 1. The van der Waals surface area contributed by atoms with Crippen LogP contribution in [0.1, 0.15) is 21.6 Å². The molecular formula is C14H14N4O2. The molecule has 0 radical (unpaired) electrons. The summed E-state index contributed by atoms with van der Waals surface area (Å²) in [5.41, 5.74) is 1.92. The number of aromatic nitrogens is 3. The van der Waals surface area contributed by atoms with Crippen molar-refractivity contribution >= 4 is 5.91 Å². The molecule has 20 heavy (non-hydrogen) atoms. The van der Waals surface area contributed by atoms with E-state index >= 15 is 0 Å². The maximum absolute atomic E-state index is 12.0. The van der Waals surface area contributed by atoms with Crippen LogP contribution >= 0.6 is 0 Å². The van der Waals surface area contributed by atoms with Gasteiger partial charge in [-0.25, -0.2) is 0 Å². The van der Waals surface area contributed by atoms with E-state index in [0.29, 0.717) is 17.7 Å². The van der Waals surface area contributed by atoms with Crippen molar-refractivity contribution in [2.75, 3.05) is 6.61 Å². The van der Waals surface area contributed by atoms with Gasteiger partial charge < -0.3 is 10.4 Å². The molecule has 2 aromatic heterocycles. The van der Waals surface area contributed by atoms with E-state index in [9.17, 15) is 4.79 Å². The summed E-state index contributed by atoms with van der Waals surface area (Å²) >= 11 is 0. The van der Waals surface area contributed by atoms with Gasteiger partial charge in [0.05, 0.1) is 17.8 Å². The molecule has 2 heterocycles. The molecule has 2 rings (SSSR count). The van der Waals surface area contributed by atoms with E-state index < -0.39 is 0 Å². The number of aryl methyl sites for hydroxylation is 1. The van der Waals surface area contributed by atoms with E-state index in [2.05, 4.69) is 27.2 Å². The minimum absolute atomic E-state index is 0.225. The van der Waals surface area contributed by atoms with E-state index in [0.717, 1.165) is 5.69 Å². The number of rotatable bonds is 3. The van der Waals surface area contributed by atoms with Crippen LogP contribution in [-0.4, -0.2) is 32.4 Å². The number of carbonyl (C=O) groups excluding carboxylic acids is 1. The SMILES string of the molecule is Cn1nccc1CNC(=O)c1cncc(C#CCO)c1. The van der Waals surface area contributed by atoms with Crippen molar-refractivity contribution in [2.45, 2.75) is 6.54 Å². The summed E-state index contributed by atoms with van der Waals surface area (Å²) in [7, 11) is 1.81. The molecule has 0 aliphatic carbocycles. The summed E-state index contributed by atoms with van der Waals surface area (Å²) in [6, 6.07) is 3.47. The molecule has 102 valence electrons. The molecule has 0 aliphatic rings. The Morgan fingerprint density at radius 1 is 1.50 bits per heavy atom. The fraction of sp³-hybridized carbons (Fsp3) is 0.214. The average Bonchev–Trinajstić information content (AvgIpc) is 2.88. The molecule has 0 saturated heterocycles. The smallest absolute Gasteiger partial charge is 0.253 e. The van der Waals surface area contributed by atoms with Crippen molar-refractivity contribution in [3.8, 4) is 11.8 Å². The maximum Gasteiger partial charge on any atom is 0.253 e. The highest BCUT2D eigenvalue weighted by atomic mass is 16.2. The van der Waals surface area contributed by atoms with E-state index in [4.69, 9.17) is 5.11 Å². The topological polar surface area (TPSA) is 80.0 Å². The van der Waals surface area contributed by atoms with E-state index in [1.54, 1.807) is 23.1 Å². The van der Waals surface area contributed by atoms with E-state index in [1.807, 2.05) is 13.1 Å². The van der Waals surface area contributed by atoms with Crippen molar-refractivity contribution in [1.29, 1.82) is 0 Å². The lowest BCUT2D eigenvalue weighted by atomic mass is 10.2. The highest BCUT2D eigenvalue weighted by Crippen LogP contribution is 2.02. The fourth-order valence-corrected chi connectivity index (χ4v) is 1.62. The number of amides is 1. The van der Waals surface area contributed by atoms with Gasteiger partial charge in [-0.2, -0.15) is 5.10 Å². The van der Waals surface area contributed by atoms with Crippen molar-refractivity contribution < 1.29 is 9.90 Å². The third-order valence-corrected chi connectivity index (χ3v) is 2.66. The first-order chi connectivity index (χ1) is 9.70. The third-order valence-electron chi connectivity index (χ3n) is 2.66. The number of aliphatic hydroxyl groups is 1. The monoisotopic (exact) mass is 270 g/mol. The quantitative estimate of drug-likeness (QED) is 0.775. The molecule has 0 atom stereocenters. The normalized spacial score (nSPS) is 9.70. The molecule has 2 aromatic rings. The average molecular weight is 270 g/mol. The van der Waals surface area contributed by atoms with Gasteiger partial charge in [0.2, 0.25) is 0 Å². The van der Waals surface area contributed by atoms with E-state index in [1.165, 1.54) is 6.20 Å². The number of pyridine rings is 1. The van der Waals surface area contributed by atoms with Gasteiger partial charge in [0, 0.05) is 31.2 Å². The molecule has 0 unspecified atom stereocenters. The molecular weight excluding hydrogens is 256 g/mol. The number of aliphatic hydroxyl groups excluding tert-OH is 1. The van der Waals surface area contributed by atoms with Crippen LogP contribution in [0, 0.1) is 11.8 Å². The molecule has 6 heteroatoms. The van der Waals surface area contributed by atoms with E-state index in [-0.39, 0.29) is 12.5 Å². The van der Waals surface area contributed by atoms with Gasteiger partial charge >= 0.3 is 0 Å². The number of nitrogens with zero attached hydrogens (tertiary/aromatic N) is 3. The number of hydrogen-bond acceptors (Lipinski definition) is 4. The van der Waals surface area contributed by atoms with Gasteiger partial charge in [-0.15, -0.1) is 0 Å². The predicted molar refractivity (Wildman–Crippen MR) is 72.6 cm³/mol. The van der Waals surface area contributed by atoms with Gasteiger partial charge in [-0.3, -0.25) is 14.5 Å². The maximum atomic E-state index is 12.0. The summed E-state index contributed by atoms with van der Waals surface area (Å²) < 4.78 is 1.70. The summed E-state index contributed by atoms with van der Waals surface area (Å²) in [5.74, 6) is 5.00. The zero-order chi connectivity index (χ0) is 14.4. The van der Waals surface area contributed by atoms with Crippen molar-refractivity contribution in [1.82, 2.24) is 20.1 Å². The van der Waals surface area contributed by atoms with Crippen LogP contribution in [0.15, 0.2) is 30.7 Å². The van der Waals surface area contributed by atoms with Crippen LogP contribution < -0.4 is 5.32 Å². The first-order valence-corrected chi connectivity index (χ1v) is 6.00. The predicted octanol–water partition coefficient (Wildman–Crippen LogP) is 0.0889. The van der Waals surface area contributed by atoms with Crippen LogP contribution in [0.3, 0.4) is 0 Å². The number of hydrogen-bond donors (Lipinski definition) is 2. The molecule has 2 N–H and O–H groups in total. The van der Waals surface area contributed by atoms with Crippen molar-refractivity contribution in [3.63, 3.8) is 0 Å². The molecule has 0 spiro atoms. The van der Waals surface area contributed by atoms with Crippen LogP contribution in [0.4, 0.5) is 0 Å². The fourth-order valence-electron chi connectivity index (χ4n) is 1.62. The zero-order valence-corrected chi connectivity index (χ0v) is 11.0. The van der Waals surface area contributed by atoms with Gasteiger partial charge in [0.15, 0.2) is 0 Å². The van der Waals surface area contributed by atoms with Crippen LogP contribution in [0.25, 0.3) is 0 Å². The Morgan fingerprint density at radius 2 is 2.35 bits per heavy atom. The Hall–Kier alpha value is -2.65. The molecule has 0 bridgehead atoms. The Balaban J connectivity index is 2.04. The second kappa shape index (κ2) is 6.50. The summed E-state index contributed by atoms with van der Waals surface area (Å²) in [6.07, 6.45) is 4.69. The molecule has 0 aliphatic heterocycles. The van der Waals surface area contributed by atoms with Crippen molar-refractivity contribution in [3.05, 3.63) is 47.5 Å². The lowest BCUT2D eigenvalue weighted by molar-refractivity contribution is 0.0949. The van der Waals surface area contributed by atoms with Gasteiger partial charge in [0.25, 0.3) is 5.91 Å². The highest BCUT2D eigenvalue weighted by molar-refractivity contribution is 5.94. The minimum atomic E-state index is -0.230.